The van der Waals surface area contributed by atoms with E-state index in [1.54, 1.807) is 13.2 Å². The zero-order valence-corrected chi connectivity index (χ0v) is 21.7. The van der Waals surface area contributed by atoms with Gasteiger partial charge in [-0.05, 0) is 69.0 Å². The number of rotatable bonds is 11. The highest BCUT2D eigenvalue weighted by Crippen LogP contribution is 2.38. The summed E-state index contributed by atoms with van der Waals surface area (Å²) in [5.74, 6) is -3.07. The molecule has 0 bridgehead atoms. The van der Waals surface area contributed by atoms with E-state index in [9.17, 15) is 27.6 Å². The minimum Gasteiger partial charge on any atom is -0.497 e. The van der Waals surface area contributed by atoms with E-state index in [0.29, 0.717) is 69.1 Å². The number of aromatic nitrogens is 1. The maximum absolute atomic E-state index is 13.9. The lowest BCUT2D eigenvalue weighted by Crippen LogP contribution is -2.49. The van der Waals surface area contributed by atoms with Crippen LogP contribution < -0.4 is 15.5 Å². The molecule has 1 aliphatic heterocycles. The topological polar surface area (TPSA) is 86.7 Å². The maximum atomic E-state index is 13.9. The van der Waals surface area contributed by atoms with Crippen LogP contribution in [0.5, 0.6) is 5.75 Å². The highest BCUT2D eigenvalue weighted by molar-refractivity contribution is 5.84. The van der Waals surface area contributed by atoms with Crippen LogP contribution in [0.25, 0.3) is 10.9 Å². The molecule has 2 heterocycles. The van der Waals surface area contributed by atoms with E-state index in [1.165, 1.54) is 6.20 Å². The number of carbonyl (C=O) groups excluding carboxylic acids is 1. The second-order valence-electron chi connectivity index (χ2n) is 9.87. The third-order valence-electron chi connectivity index (χ3n) is 7.63. The van der Waals surface area contributed by atoms with Crippen LogP contribution in [0.1, 0.15) is 36.8 Å². The number of fused-ring (bicyclic) bond motifs is 1. The molecule has 4 rings (SSSR count). The van der Waals surface area contributed by atoms with Crippen LogP contribution in [0.2, 0.25) is 0 Å². The van der Waals surface area contributed by atoms with Crippen LogP contribution in [0.15, 0.2) is 36.5 Å². The summed E-state index contributed by atoms with van der Waals surface area (Å²) >= 11 is 0. The van der Waals surface area contributed by atoms with E-state index in [4.69, 9.17) is 4.74 Å². The number of nitrogens with zero attached hydrogens (tertiary/aromatic N) is 2. The molecule has 11 heteroatoms. The zero-order chi connectivity index (χ0) is 28.0. The Balaban J connectivity index is 1.38. The normalized spacial score (nSPS) is 15.3. The number of amides is 1. The highest BCUT2D eigenvalue weighted by Gasteiger charge is 2.40. The van der Waals surface area contributed by atoms with Gasteiger partial charge in [-0.25, -0.2) is 23.0 Å². The number of methoxy groups -OCH3 is 1. The number of alkyl halides is 1. The van der Waals surface area contributed by atoms with E-state index < -0.39 is 35.4 Å². The molecular formula is C28H32F4N4O3. The van der Waals surface area contributed by atoms with Gasteiger partial charge >= 0.3 is 0 Å². The number of halogens is 4. The van der Waals surface area contributed by atoms with Crippen LogP contribution in [0.3, 0.4) is 0 Å². The molecule has 210 valence electrons. The Morgan fingerprint density at radius 3 is 2.64 bits per heavy atom. The number of carbonyl (C=O) groups is 1. The van der Waals surface area contributed by atoms with Crippen molar-refractivity contribution in [3.05, 3.63) is 65.1 Å². The minimum atomic E-state index is -1.26. The summed E-state index contributed by atoms with van der Waals surface area (Å²) in [6, 6.07) is 6.85. The molecule has 1 amide bonds. The van der Waals surface area contributed by atoms with Crippen molar-refractivity contribution in [2.75, 3.05) is 38.6 Å². The molecule has 2 aromatic carbocycles. The molecule has 3 N–H and O–H groups in total. The van der Waals surface area contributed by atoms with Gasteiger partial charge in [0.15, 0.2) is 11.6 Å². The summed E-state index contributed by atoms with van der Waals surface area (Å²) in [5, 5.41) is 13.0. The van der Waals surface area contributed by atoms with Gasteiger partial charge in [0.1, 0.15) is 18.2 Å². The number of anilines is 1. The summed E-state index contributed by atoms with van der Waals surface area (Å²) in [6.45, 7) is 1.15. The third kappa shape index (κ3) is 6.42. The lowest BCUT2D eigenvalue weighted by Gasteiger charge is -2.40. The predicted molar refractivity (Wildman–Crippen MR) is 139 cm³/mol. The number of pyridine rings is 1. The smallest absolute Gasteiger partial charge is 0.249 e. The number of hydrogen-bond donors (Lipinski definition) is 3. The van der Waals surface area contributed by atoms with Gasteiger partial charge < -0.3 is 15.0 Å². The fraction of sp³-hybridized carbons (Fsp3) is 0.429. The van der Waals surface area contributed by atoms with Crippen LogP contribution in [-0.4, -0.2) is 54.3 Å². The molecule has 0 unspecified atom stereocenters. The van der Waals surface area contributed by atoms with Gasteiger partial charge in [-0.15, -0.1) is 0 Å². The van der Waals surface area contributed by atoms with Crippen molar-refractivity contribution < 1.29 is 32.3 Å². The molecular weight excluding hydrogens is 516 g/mol. The summed E-state index contributed by atoms with van der Waals surface area (Å²) in [7, 11) is 1.56. The minimum absolute atomic E-state index is 0.243. The van der Waals surface area contributed by atoms with Crippen molar-refractivity contribution >= 4 is 22.5 Å². The Bertz CT molecular complexity index is 1310. The van der Waals surface area contributed by atoms with E-state index in [-0.39, 0.29) is 12.2 Å². The number of aryl methyl sites for hydroxylation is 1. The third-order valence-corrected chi connectivity index (χ3v) is 7.63. The Hall–Kier alpha value is -3.44. The van der Waals surface area contributed by atoms with Crippen molar-refractivity contribution in [3.8, 4) is 5.75 Å². The van der Waals surface area contributed by atoms with Gasteiger partial charge in [-0.2, -0.15) is 0 Å². The zero-order valence-electron chi connectivity index (χ0n) is 21.7. The highest BCUT2D eigenvalue weighted by atomic mass is 19.2. The first-order chi connectivity index (χ1) is 18.8. The average Bonchev–Trinajstić information content (AvgIpc) is 2.95. The van der Waals surface area contributed by atoms with E-state index in [1.807, 2.05) is 17.6 Å². The Morgan fingerprint density at radius 2 is 1.95 bits per heavy atom. The quantitative estimate of drug-likeness (QED) is 0.133. The van der Waals surface area contributed by atoms with Crippen LogP contribution in [0.4, 0.5) is 23.2 Å². The molecule has 0 aliphatic carbocycles. The van der Waals surface area contributed by atoms with Gasteiger partial charge in [0.25, 0.3) is 0 Å². The lowest BCUT2D eigenvalue weighted by molar-refractivity contribution is -0.143. The van der Waals surface area contributed by atoms with Crippen LogP contribution >= 0.6 is 0 Å². The number of nitrogens with one attached hydrogen (secondary N) is 2. The summed E-state index contributed by atoms with van der Waals surface area (Å²) in [6.07, 6.45) is 4.08. The monoisotopic (exact) mass is 548 g/mol. The second kappa shape index (κ2) is 12.6. The van der Waals surface area contributed by atoms with Crippen LogP contribution in [0, 0.1) is 22.9 Å². The molecule has 1 aromatic heterocycles. The summed E-state index contributed by atoms with van der Waals surface area (Å²) in [4.78, 5) is 19.2. The van der Waals surface area contributed by atoms with Crippen molar-refractivity contribution in [1.82, 2.24) is 15.4 Å². The fourth-order valence-corrected chi connectivity index (χ4v) is 5.36. The largest absolute Gasteiger partial charge is 0.497 e. The van der Waals surface area contributed by atoms with Gasteiger partial charge in [0, 0.05) is 42.4 Å². The second-order valence-corrected chi connectivity index (χ2v) is 9.87. The number of likely N-dealkylation sites (tertiary alicyclic amines) is 1. The van der Waals surface area contributed by atoms with Crippen molar-refractivity contribution in [2.24, 2.45) is 5.41 Å². The van der Waals surface area contributed by atoms with E-state index in [2.05, 4.69) is 15.2 Å². The maximum Gasteiger partial charge on any atom is 0.249 e. The number of hydroxylamine groups is 1. The molecule has 3 aromatic rings. The molecule has 1 fully saturated rings. The molecule has 1 saturated heterocycles. The van der Waals surface area contributed by atoms with Gasteiger partial charge in [-0.3, -0.25) is 15.0 Å². The van der Waals surface area contributed by atoms with Gasteiger partial charge in [-0.1, -0.05) is 0 Å². The Labute approximate surface area is 224 Å². The number of ether oxygens (including phenoxy) is 1. The van der Waals surface area contributed by atoms with Crippen molar-refractivity contribution in [2.45, 2.75) is 38.8 Å². The standard InChI is InChI=1S/C28H32F4N4O3/c1-39-20-4-5-24-22(15-20)21(18(16-29)17-34-24)3-2-6-28(27(37)35-38)7-10-36(11-8-28)12-9-33-25-14-19(30)13-23(31)26(25)32/h4-5,13-15,17,33,38H,2-3,6-12,16H2,1H3,(H,35,37). The molecule has 7 nitrogen and oxygen atoms in total. The summed E-state index contributed by atoms with van der Waals surface area (Å²) < 4.78 is 59.9. The Kier molecular flexibility index (Phi) is 9.24. The number of benzene rings is 2. The SMILES string of the molecule is COc1ccc2ncc(CF)c(CCCC3(C(=O)NO)CCN(CCNc4cc(F)cc(F)c4F)CC3)c2c1. The molecule has 0 atom stereocenters. The van der Waals surface area contributed by atoms with Gasteiger partial charge in [0.05, 0.1) is 23.7 Å². The molecule has 0 spiro atoms. The molecule has 0 saturated carbocycles. The van der Waals surface area contributed by atoms with Crippen molar-refractivity contribution in [1.29, 1.82) is 0 Å². The molecule has 0 radical (unpaired) electrons. The number of piperidine rings is 1. The molecule has 1 aliphatic rings. The first-order valence-corrected chi connectivity index (χ1v) is 12.9. The number of hydrogen-bond acceptors (Lipinski definition) is 6. The first kappa shape index (κ1) is 28.6. The van der Waals surface area contributed by atoms with E-state index >= 15 is 0 Å². The van der Waals surface area contributed by atoms with Crippen molar-refractivity contribution in [3.63, 3.8) is 0 Å². The lowest BCUT2D eigenvalue weighted by atomic mass is 9.73. The average molecular weight is 549 g/mol. The Morgan fingerprint density at radius 1 is 1.18 bits per heavy atom. The fourth-order valence-electron chi connectivity index (χ4n) is 5.36. The van der Waals surface area contributed by atoms with E-state index in [0.717, 1.165) is 22.5 Å². The van der Waals surface area contributed by atoms with Gasteiger partial charge in [0.2, 0.25) is 5.91 Å². The summed E-state index contributed by atoms with van der Waals surface area (Å²) in [5.41, 5.74) is 2.83. The predicted octanol–water partition coefficient (Wildman–Crippen LogP) is 5.15. The van der Waals surface area contributed by atoms with Crippen LogP contribution in [-0.2, 0) is 17.9 Å². The first-order valence-electron chi connectivity index (χ1n) is 12.9. The molecule has 39 heavy (non-hydrogen) atoms.